The fourth-order valence-corrected chi connectivity index (χ4v) is 10.5. The summed E-state index contributed by atoms with van der Waals surface area (Å²) >= 11 is 7.25. The normalized spacial score (nSPS) is 42.9. The van der Waals surface area contributed by atoms with E-state index in [9.17, 15) is 19.5 Å². The van der Waals surface area contributed by atoms with Crippen molar-refractivity contribution in [3.8, 4) is 12.8 Å². The molecule has 43 heavy (non-hydrogen) atoms. The van der Waals surface area contributed by atoms with Gasteiger partial charge in [-0.3, -0.25) is 19.2 Å². The number of rotatable bonds is 6. The number of aliphatic hydroxyl groups excluding tert-OH is 1. The molecule has 0 bridgehead atoms. The first-order chi connectivity index (χ1) is 20.4. The molecule has 1 aliphatic heterocycles. The van der Waals surface area contributed by atoms with Crippen molar-refractivity contribution in [2.75, 3.05) is 18.8 Å². The third kappa shape index (κ3) is 5.13. The predicted molar refractivity (Wildman–Crippen MR) is 167 cm³/mol. The Kier molecular flexibility index (Phi) is 9.08. The molecule has 0 amide bonds. The molecule has 4 fully saturated rings. The minimum absolute atomic E-state index is 0.00106. The van der Waals surface area contributed by atoms with E-state index in [1.54, 1.807) is 13.0 Å². The lowest BCUT2D eigenvalue weighted by atomic mass is 9.46. The minimum Gasteiger partial charge on any atom is -0.393 e. The first-order valence-electron chi connectivity index (χ1n) is 15.2. The van der Waals surface area contributed by atoms with Crippen LogP contribution in [0.5, 0.6) is 0 Å². The van der Waals surface area contributed by atoms with E-state index in [0.29, 0.717) is 37.9 Å². The monoisotopic (exact) mass is 629 g/mol. The zero-order chi connectivity index (χ0) is 31.3. The van der Waals surface area contributed by atoms with E-state index in [-0.39, 0.29) is 57.9 Å². The molecule has 1 N–H and O–H groups in total. The topological polar surface area (TPSA) is 83.9 Å². The van der Waals surface area contributed by atoms with Crippen LogP contribution < -0.4 is 0 Å². The molecule has 7 unspecified atom stereocenters. The number of nitrogens with zero attached hydrogens (tertiary/aromatic N) is 1. The van der Waals surface area contributed by atoms with Crippen LogP contribution in [0.15, 0.2) is 47.6 Å². The van der Waals surface area contributed by atoms with Gasteiger partial charge >= 0.3 is 0 Å². The Morgan fingerprint density at radius 3 is 2.67 bits per heavy atom. The van der Waals surface area contributed by atoms with E-state index < -0.39 is 28.7 Å². The summed E-state index contributed by atoms with van der Waals surface area (Å²) in [6, 6.07) is 0. The quantitative estimate of drug-likeness (QED) is 0.311. The van der Waals surface area contributed by atoms with E-state index in [2.05, 4.69) is 18.9 Å². The summed E-state index contributed by atoms with van der Waals surface area (Å²) in [4.78, 5) is 45.4. The Morgan fingerprint density at radius 2 is 2.00 bits per heavy atom. The maximum Gasteiger partial charge on any atom is 0.224 e. The van der Waals surface area contributed by atoms with Gasteiger partial charge < -0.3 is 5.11 Å². The summed E-state index contributed by atoms with van der Waals surface area (Å²) in [7, 11) is 0. The number of thioether (sulfide) groups is 1. The lowest BCUT2D eigenvalue weighted by molar-refractivity contribution is -0.244. The molecule has 232 valence electrons. The van der Waals surface area contributed by atoms with Crippen molar-refractivity contribution in [2.24, 2.45) is 34.5 Å². The Balaban J connectivity index is 0.00000180. The largest absolute Gasteiger partial charge is 0.393 e. The van der Waals surface area contributed by atoms with Crippen LogP contribution in [0.3, 0.4) is 0 Å². The molecule has 3 saturated carbocycles. The molecule has 6 rings (SSSR count). The molecular formula is C34H41ClFNO5S. The van der Waals surface area contributed by atoms with Gasteiger partial charge in [0.15, 0.2) is 11.4 Å². The van der Waals surface area contributed by atoms with Crippen molar-refractivity contribution in [3.63, 3.8) is 0 Å². The van der Waals surface area contributed by atoms with E-state index in [1.165, 1.54) is 12.2 Å². The molecule has 6 aliphatic rings. The summed E-state index contributed by atoms with van der Waals surface area (Å²) in [5.41, 5.74) is -1.21. The van der Waals surface area contributed by atoms with E-state index in [4.69, 9.17) is 16.4 Å². The number of carbonyl (C=O) groups excluding carboxylic acids is 3. The predicted octanol–water partition coefficient (Wildman–Crippen LogP) is 5.41. The minimum atomic E-state index is -1.29. The molecule has 1 saturated heterocycles. The molecule has 9 heteroatoms. The molecule has 0 spiro atoms. The van der Waals surface area contributed by atoms with Gasteiger partial charge in [0, 0.05) is 42.2 Å². The van der Waals surface area contributed by atoms with Gasteiger partial charge in [0.05, 0.1) is 17.2 Å². The van der Waals surface area contributed by atoms with Crippen LogP contribution in [0.4, 0.5) is 4.39 Å². The number of allylic oxidation sites excluding steroid dienone is 6. The second-order valence-corrected chi connectivity index (χ2v) is 14.8. The standard InChI is InChI=1S/C32H39ClFNO5S.C2H2/c1-4-21(36)17-41-29(39)32-19(16-35(40-32)15-18-5-7-20(33)8-6-18)11-24-23-13-26(34)25-12-22(37)9-10-30(25,2)28(23)27(38)14-31(24,32)3;1-2/h5-7,9-10,12,19-20,23-24,26-28,38H,4,8,11,13-17H2,1-3H3;1-2H/t19-,20?,23?,24?,26-,27?,28?,30?,31?,32-;/m0./s1. The van der Waals surface area contributed by atoms with Gasteiger partial charge in [0.25, 0.3) is 0 Å². The van der Waals surface area contributed by atoms with Gasteiger partial charge in [-0.1, -0.05) is 56.8 Å². The average molecular weight is 630 g/mol. The zero-order valence-electron chi connectivity index (χ0n) is 25.0. The maximum atomic E-state index is 15.9. The third-order valence-corrected chi connectivity index (χ3v) is 12.4. The zero-order valence-corrected chi connectivity index (χ0v) is 26.6. The highest BCUT2D eigenvalue weighted by atomic mass is 35.5. The van der Waals surface area contributed by atoms with Crippen LogP contribution in [0.2, 0.25) is 0 Å². The Hall–Kier alpha value is -2.02. The van der Waals surface area contributed by atoms with Gasteiger partial charge in [-0.25, -0.2) is 4.39 Å². The van der Waals surface area contributed by atoms with Gasteiger partial charge in [-0.15, -0.1) is 24.4 Å². The Morgan fingerprint density at radius 1 is 1.26 bits per heavy atom. The molecule has 0 aromatic rings. The summed E-state index contributed by atoms with van der Waals surface area (Å²) in [5.74, 6) is -0.779. The number of hydrogen-bond acceptors (Lipinski definition) is 7. The number of terminal acetylenes is 1. The van der Waals surface area contributed by atoms with Gasteiger partial charge in [0.1, 0.15) is 12.0 Å². The number of ketones is 2. The van der Waals surface area contributed by atoms with Gasteiger partial charge in [-0.2, -0.15) is 5.06 Å². The van der Waals surface area contributed by atoms with Crippen molar-refractivity contribution < 1.29 is 28.7 Å². The smallest absolute Gasteiger partial charge is 0.224 e. The number of hydroxylamine groups is 2. The highest BCUT2D eigenvalue weighted by molar-refractivity contribution is 8.14. The highest BCUT2D eigenvalue weighted by Gasteiger charge is 2.75. The van der Waals surface area contributed by atoms with Crippen LogP contribution in [-0.2, 0) is 19.2 Å². The molecular weight excluding hydrogens is 589 g/mol. The van der Waals surface area contributed by atoms with Crippen LogP contribution in [0.1, 0.15) is 52.9 Å². The van der Waals surface area contributed by atoms with Crippen molar-refractivity contribution >= 4 is 40.0 Å². The van der Waals surface area contributed by atoms with E-state index >= 15 is 4.39 Å². The number of aliphatic hydroxyl groups is 1. The SMILES string of the molecule is C#C.CCC(=O)CSC(=O)[C@@]12ON(CC3=CCC(Cl)C=C3)C[C@@H]1CC1C3C[C@H](F)C4=CC(=O)C=CC4(C)C3C(O)CC12C. The Bertz CT molecular complexity index is 1320. The van der Waals surface area contributed by atoms with Gasteiger partial charge in [0.2, 0.25) is 5.12 Å². The van der Waals surface area contributed by atoms with Crippen molar-refractivity contribution in [1.82, 2.24) is 5.06 Å². The van der Waals surface area contributed by atoms with Gasteiger partial charge in [-0.05, 0) is 60.8 Å². The lowest BCUT2D eigenvalue weighted by Crippen LogP contribution is -2.63. The number of carbonyl (C=O) groups is 3. The summed E-state index contributed by atoms with van der Waals surface area (Å²) in [5, 5.41) is 13.5. The number of fused-ring (bicyclic) bond motifs is 7. The second kappa shape index (κ2) is 12.1. The fourth-order valence-electron chi connectivity index (χ4n) is 9.20. The number of alkyl halides is 2. The number of Topliss-reactive ketones (excluding diaryl/α,β-unsaturated/α-hetero) is 1. The second-order valence-electron chi connectivity index (χ2n) is 13.2. The van der Waals surface area contributed by atoms with Crippen molar-refractivity contribution in [1.29, 1.82) is 0 Å². The molecule has 1 heterocycles. The van der Waals surface area contributed by atoms with Crippen LogP contribution in [0.25, 0.3) is 0 Å². The third-order valence-electron chi connectivity index (χ3n) is 11.1. The van der Waals surface area contributed by atoms with Crippen LogP contribution >= 0.6 is 23.4 Å². The van der Waals surface area contributed by atoms with E-state index in [0.717, 1.165) is 23.8 Å². The summed E-state index contributed by atoms with van der Waals surface area (Å²) in [6.07, 6.45) is 19.0. The molecule has 0 radical (unpaired) electrons. The van der Waals surface area contributed by atoms with Crippen LogP contribution in [-0.4, -0.2) is 68.9 Å². The van der Waals surface area contributed by atoms with Crippen molar-refractivity contribution in [3.05, 3.63) is 47.6 Å². The highest BCUT2D eigenvalue weighted by Crippen LogP contribution is 2.71. The van der Waals surface area contributed by atoms with Crippen LogP contribution in [0, 0.1) is 47.3 Å². The molecule has 6 nitrogen and oxygen atoms in total. The lowest BCUT2D eigenvalue weighted by Gasteiger charge is -2.60. The first kappa shape index (κ1) is 32.4. The number of hydrogen-bond donors (Lipinski definition) is 1. The molecule has 0 aromatic carbocycles. The summed E-state index contributed by atoms with van der Waals surface area (Å²) < 4.78 is 15.9. The molecule has 0 aromatic heterocycles. The van der Waals surface area contributed by atoms with E-state index in [1.807, 2.05) is 31.1 Å². The molecule has 10 atom stereocenters. The Labute approximate surface area is 263 Å². The average Bonchev–Trinajstić information content (AvgIpc) is 3.46. The van der Waals surface area contributed by atoms with Crippen molar-refractivity contribution in [2.45, 2.75) is 76.1 Å². The number of halogens is 2. The first-order valence-corrected chi connectivity index (χ1v) is 16.6. The summed E-state index contributed by atoms with van der Waals surface area (Å²) in [6.45, 7) is 6.82. The fraction of sp³-hybridized carbons (Fsp3) is 0.618. The maximum absolute atomic E-state index is 15.9. The molecule has 5 aliphatic carbocycles.